The van der Waals surface area contributed by atoms with Crippen LogP contribution in [0.1, 0.15) is 13.0 Å². The molecular weight excluding hydrogens is 333 g/mol. The molecule has 8 heteroatoms. The SMILES string of the molecule is C[C@H](C(=O)Nc1cccc(Cl)c1)n1nnc(-c2ccc(F)cc2)n1. The predicted octanol–water partition coefficient (Wildman–Crippen LogP) is 3.33. The molecular formula is C16H13ClFN5O. The third kappa shape index (κ3) is 3.57. The van der Waals surface area contributed by atoms with Crippen molar-refractivity contribution in [3.63, 3.8) is 0 Å². The van der Waals surface area contributed by atoms with Gasteiger partial charge in [-0.1, -0.05) is 17.7 Å². The summed E-state index contributed by atoms with van der Waals surface area (Å²) in [5, 5.41) is 15.2. The molecule has 0 aliphatic rings. The molecule has 122 valence electrons. The molecule has 0 unspecified atom stereocenters. The Bertz CT molecular complexity index is 865. The van der Waals surface area contributed by atoms with Gasteiger partial charge in [-0.25, -0.2) is 4.39 Å². The molecule has 24 heavy (non-hydrogen) atoms. The summed E-state index contributed by atoms with van der Waals surface area (Å²) in [7, 11) is 0. The van der Waals surface area contributed by atoms with Crippen LogP contribution in [0.25, 0.3) is 11.4 Å². The molecule has 0 saturated heterocycles. The first-order valence-electron chi connectivity index (χ1n) is 7.15. The number of halogens is 2. The maximum absolute atomic E-state index is 13.0. The summed E-state index contributed by atoms with van der Waals surface area (Å²) in [4.78, 5) is 13.5. The third-order valence-corrected chi connectivity index (χ3v) is 3.58. The minimum absolute atomic E-state index is 0.305. The monoisotopic (exact) mass is 345 g/mol. The molecule has 1 aromatic heterocycles. The Balaban J connectivity index is 1.74. The van der Waals surface area contributed by atoms with E-state index in [1.165, 1.54) is 16.9 Å². The fourth-order valence-corrected chi connectivity index (χ4v) is 2.21. The van der Waals surface area contributed by atoms with E-state index in [4.69, 9.17) is 11.6 Å². The Morgan fingerprint density at radius 2 is 2.00 bits per heavy atom. The second kappa shape index (κ2) is 6.76. The van der Waals surface area contributed by atoms with Gasteiger partial charge < -0.3 is 5.32 Å². The second-order valence-electron chi connectivity index (χ2n) is 5.12. The largest absolute Gasteiger partial charge is 0.324 e. The van der Waals surface area contributed by atoms with Crippen molar-refractivity contribution >= 4 is 23.2 Å². The van der Waals surface area contributed by atoms with Gasteiger partial charge in [0.2, 0.25) is 5.82 Å². The van der Waals surface area contributed by atoms with Crippen molar-refractivity contribution in [1.29, 1.82) is 0 Å². The van der Waals surface area contributed by atoms with E-state index in [0.717, 1.165) is 0 Å². The van der Waals surface area contributed by atoms with E-state index in [1.807, 2.05) is 0 Å². The molecule has 1 N–H and O–H groups in total. The summed E-state index contributed by atoms with van der Waals surface area (Å²) < 4.78 is 13.0. The van der Waals surface area contributed by atoms with Gasteiger partial charge in [0.15, 0.2) is 0 Å². The summed E-state index contributed by atoms with van der Waals surface area (Å²) in [5.74, 6) is -0.335. The summed E-state index contributed by atoms with van der Waals surface area (Å²) in [6, 6.07) is 11.9. The summed E-state index contributed by atoms with van der Waals surface area (Å²) >= 11 is 5.89. The van der Waals surface area contributed by atoms with Crippen LogP contribution >= 0.6 is 11.6 Å². The van der Waals surface area contributed by atoms with Crippen molar-refractivity contribution < 1.29 is 9.18 Å². The highest BCUT2D eigenvalue weighted by atomic mass is 35.5. The molecule has 2 aromatic carbocycles. The first-order chi connectivity index (χ1) is 11.5. The molecule has 0 aliphatic heterocycles. The van der Waals surface area contributed by atoms with Gasteiger partial charge in [0.1, 0.15) is 11.9 Å². The topological polar surface area (TPSA) is 72.7 Å². The third-order valence-electron chi connectivity index (χ3n) is 3.35. The number of carbonyl (C=O) groups excluding carboxylic acids is 1. The summed E-state index contributed by atoms with van der Waals surface area (Å²) in [6.45, 7) is 1.65. The number of carbonyl (C=O) groups is 1. The van der Waals surface area contributed by atoms with Crippen LogP contribution < -0.4 is 5.32 Å². The van der Waals surface area contributed by atoms with Gasteiger partial charge in [-0.2, -0.15) is 4.80 Å². The zero-order chi connectivity index (χ0) is 17.1. The van der Waals surface area contributed by atoms with E-state index in [0.29, 0.717) is 22.1 Å². The maximum Gasteiger partial charge on any atom is 0.250 e. The average molecular weight is 346 g/mol. The fraction of sp³-hybridized carbons (Fsp3) is 0.125. The highest BCUT2D eigenvalue weighted by Gasteiger charge is 2.19. The van der Waals surface area contributed by atoms with E-state index in [9.17, 15) is 9.18 Å². The second-order valence-corrected chi connectivity index (χ2v) is 5.55. The highest BCUT2D eigenvalue weighted by molar-refractivity contribution is 6.30. The Labute approximate surface area is 142 Å². The lowest BCUT2D eigenvalue weighted by atomic mass is 10.2. The molecule has 0 fully saturated rings. The Morgan fingerprint density at radius 1 is 1.25 bits per heavy atom. The lowest BCUT2D eigenvalue weighted by Crippen LogP contribution is -2.25. The first-order valence-corrected chi connectivity index (χ1v) is 7.52. The van der Waals surface area contributed by atoms with Crippen LogP contribution in [0.2, 0.25) is 5.02 Å². The lowest BCUT2D eigenvalue weighted by Gasteiger charge is -2.10. The molecule has 6 nitrogen and oxygen atoms in total. The van der Waals surface area contributed by atoms with E-state index in [-0.39, 0.29) is 11.7 Å². The van der Waals surface area contributed by atoms with Crippen molar-refractivity contribution in [3.05, 3.63) is 59.4 Å². The van der Waals surface area contributed by atoms with E-state index < -0.39 is 6.04 Å². The highest BCUT2D eigenvalue weighted by Crippen LogP contribution is 2.18. The molecule has 0 spiro atoms. The van der Waals surface area contributed by atoms with Gasteiger partial charge in [-0.3, -0.25) is 4.79 Å². The number of hydrogen-bond acceptors (Lipinski definition) is 4. The van der Waals surface area contributed by atoms with Crippen LogP contribution in [-0.2, 0) is 4.79 Å². The molecule has 0 saturated carbocycles. The molecule has 1 amide bonds. The van der Waals surface area contributed by atoms with E-state index >= 15 is 0 Å². The number of hydrogen-bond donors (Lipinski definition) is 1. The van der Waals surface area contributed by atoms with Crippen molar-refractivity contribution in [2.24, 2.45) is 0 Å². The van der Waals surface area contributed by atoms with Gasteiger partial charge in [0, 0.05) is 16.3 Å². The number of rotatable bonds is 4. The minimum atomic E-state index is -0.675. The van der Waals surface area contributed by atoms with Gasteiger partial charge >= 0.3 is 0 Å². The van der Waals surface area contributed by atoms with Gasteiger partial charge in [0.25, 0.3) is 5.91 Å². The molecule has 3 aromatic rings. The Hall–Kier alpha value is -2.80. The number of anilines is 1. The van der Waals surface area contributed by atoms with Crippen molar-refractivity contribution in [1.82, 2.24) is 20.2 Å². The zero-order valence-corrected chi connectivity index (χ0v) is 13.4. The van der Waals surface area contributed by atoms with Crippen molar-refractivity contribution in [3.8, 4) is 11.4 Å². The zero-order valence-electron chi connectivity index (χ0n) is 12.6. The Morgan fingerprint density at radius 3 is 2.71 bits per heavy atom. The molecule has 3 rings (SSSR count). The number of amides is 1. The fourth-order valence-electron chi connectivity index (χ4n) is 2.02. The minimum Gasteiger partial charge on any atom is -0.324 e. The van der Waals surface area contributed by atoms with Crippen LogP contribution in [0, 0.1) is 5.82 Å². The average Bonchev–Trinajstić information content (AvgIpc) is 3.04. The summed E-state index contributed by atoms with van der Waals surface area (Å²) in [6.07, 6.45) is 0. The van der Waals surface area contributed by atoms with Crippen LogP contribution in [0.15, 0.2) is 48.5 Å². The van der Waals surface area contributed by atoms with Gasteiger partial charge in [0.05, 0.1) is 0 Å². The molecule has 0 radical (unpaired) electrons. The van der Waals surface area contributed by atoms with Crippen LogP contribution in [-0.4, -0.2) is 26.1 Å². The van der Waals surface area contributed by atoms with Crippen molar-refractivity contribution in [2.75, 3.05) is 5.32 Å². The van der Waals surface area contributed by atoms with Crippen LogP contribution in [0.4, 0.5) is 10.1 Å². The standard InChI is InChI=1S/C16H13ClFN5O/c1-10(16(24)19-14-4-2-3-12(17)9-14)23-21-15(20-22-23)11-5-7-13(18)8-6-11/h2-10H,1H3,(H,19,24)/t10-/m1/s1. The number of nitrogens with zero attached hydrogens (tertiary/aromatic N) is 4. The Kier molecular flexibility index (Phi) is 4.52. The quantitative estimate of drug-likeness (QED) is 0.787. The molecule has 1 atom stereocenters. The van der Waals surface area contributed by atoms with Crippen LogP contribution in [0.5, 0.6) is 0 Å². The van der Waals surface area contributed by atoms with Crippen molar-refractivity contribution in [2.45, 2.75) is 13.0 Å². The van der Waals surface area contributed by atoms with Gasteiger partial charge in [-0.15, -0.1) is 10.2 Å². The first kappa shape index (κ1) is 16.1. The van der Waals surface area contributed by atoms with Crippen LogP contribution in [0.3, 0.4) is 0 Å². The molecule has 1 heterocycles. The summed E-state index contributed by atoms with van der Waals surface area (Å²) in [5.41, 5.74) is 1.20. The number of benzene rings is 2. The number of tetrazole rings is 1. The van der Waals surface area contributed by atoms with E-state index in [1.54, 1.807) is 43.3 Å². The van der Waals surface area contributed by atoms with Gasteiger partial charge in [-0.05, 0) is 54.6 Å². The number of nitrogens with one attached hydrogen (secondary N) is 1. The molecule has 0 aliphatic carbocycles. The molecule has 0 bridgehead atoms. The predicted molar refractivity (Wildman–Crippen MR) is 88.0 cm³/mol. The maximum atomic E-state index is 13.0. The number of aromatic nitrogens is 4. The van der Waals surface area contributed by atoms with E-state index in [2.05, 4.69) is 20.7 Å². The lowest BCUT2D eigenvalue weighted by molar-refractivity contribution is -0.119. The normalized spacial score (nSPS) is 12.0. The smallest absolute Gasteiger partial charge is 0.250 e.